The number of carbonyl (C=O) groups is 2. The zero-order valence-corrected chi connectivity index (χ0v) is 18.7. The Balaban J connectivity index is 1.91. The summed E-state index contributed by atoms with van der Waals surface area (Å²) in [5.41, 5.74) is 1.72. The maximum atomic E-state index is 12.9. The summed E-state index contributed by atoms with van der Waals surface area (Å²) in [7, 11) is 0. The molecule has 10 heteroatoms. The molecule has 3 N–H and O–H groups in total. The Morgan fingerprint density at radius 1 is 1.18 bits per heavy atom. The monoisotopic (exact) mass is 469 g/mol. The molecule has 0 atom stereocenters. The summed E-state index contributed by atoms with van der Waals surface area (Å²) in [6.45, 7) is 2.17. The highest BCUT2D eigenvalue weighted by atomic mass is 32.1. The summed E-state index contributed by atoms with van der Waals surface area (Å²) >= 11 is 1.17. The van der Waals surface area contributed by atoms with Gasteiger partial charge in [0.15, 0.2) is 0 Å². The number of anilines is 2. The normalized spacial score (nSPS) is 10.5. The van der Waals surface area contributed by atoms with E-state index in [1.54, 1.807) is 12.3 Å². The number of hydrogen-bond donors (Lipinski definition) is 3. The Morgan fingerprint density at radius 2 is 1.94 bits per heavy atom. The molecule has 0 aliphatic rings. The summed E-state index contributed by atoms with van der Waals surface area (Å²) in [5.74, 6) is -1.16. The van der Waals surface area contributed by atoms with Crippen LogP contribution in [-0.2, 0) is 4.74 Å². The molecular formula is C23H23N3O6S. The second-order valence-corrected chi connectivity index (χ2v) is 7.77. The lowest BCUT2D eigenvalue weighted by Crippen LogP contribution is -2.15. The van der Waals surface area contributed by atoms with Crippen molar-refractivity contribution in [2.45, 2.75) is 13.3 Å². The number of amides is 1. The van der Waals surface area contributed by atoms with Crippen molar-refractivity contribution in [1.29, 1.82) is 0 Å². The van der Waals surface area contributed by atoms with Crippen LogP contribution in [-0.4, -0.2) is 41.7 Å². The van der Waals surface area contributed by atoms with E-state index in [0.29, 0.717) is 23.5 Å². The van der Waals surface area contributed by atoms with Gasteiger partial charge in [0.25, 0.3) is 11.6 Å². The number of nitrogens with zero attached hydrogens (tertiary/aromatic N) is 1. The molecule has 33 heavy (non-hydrogen) atoms. The van der Waals surface area contributed by atoms with E-state index in [9.17, 15) is 19.7 Å². The molecule has 0 saturated heterocycles. The molecule has 0 saturated carbocycles. The lowest BCUT2D eigenvalue weighted by molar-refractivity contribution is -0.384. The van der Waals surface area contributed by atoms with Crippen molar-refractivity contribution in [2.24, 2.45) is 0 Å². The van der Waals surface area contributed by atoms with Crippen LogP contribution in [0.2, 0.25) is 0 Å². The van der Waals surface area contributed by atoms with Crippen LogP contribution in [0.25, 0.3) is 11.1 Å². The van der Waals surface area contributed by atoms with Gasteiger partial charge in [-0.2, -0.15) is 0 Å². The van der Waals surface area contributed by atoms with E-state index in [2.05, 4.69) is 10.6 Å². The standard InChI is InChI=1S/C23H23N3O6S/c1-2-32-23(29)20-17(15-7-4-3-5-8-15)14-33-22(20)25-21(28)16-9-10-18(24-11-6-12-27)19(13-16)26(30)31/h3-5,7-10,13-14,24,27H,2,6,11-12H2,1H3,(H,25,28). The third kappa shape index (κ3) is 5.73. The first-order valence-electron chi connectivity index (χ1n) is 10.2. The van der Waals surface area contributed by atoms with Gasteiger partial charge in [-0.25, -0.2) is 4.79 Å². The average molecular weight is 470 g/mol. The predicted molar refractivity (Wildman–Crippen MR) is 127 cm³/mol. The predicted octanol–water partition coefficient (Wildman–Crippen LogP) is 4.55. The van der Waals surface area contributed by atoms with Crippen LogP contribution in [0, 0.1) is 10.1 Å². The highest BCUT2D eigenvalue weighted by molar-refractivity contribution is 7.15. The Kier molecular flexibility index (Phi) is 8.11. The van der Waals surface area contributed by atoms with E-state index in [1.807, 2.05) is 30.3 Å². The highest BCUT2D eigenvalue weighted by Crippen LogP contribution is 2.36. The van der Waals surface area contributed by atoms with Gasteiger partial charge in [-0.3, -0.25) is 14.9 Å². The number of thiophene rings is 1. The maximum Gasteiger partial charge on any atom is 0.341 e. The molecule has 0 aliphatic carbocycles. The van der Waals surface area contributed by atoms with Gasteiger partial charge in [0.05, 0.1) is 11.5 Å². The second-order valence-electron chi connectivity index (χ2n) is 6.89. The molecule has 0 spiro atoms. The fourth-order valence-electron chi connectivity index (χ4n) is 3.14. The zero-order valence-electron chi connectivity index (χ0n) is 17.9. The fourth-order valence-corrected chi connectivity index (χ4v) is 4.09. The molecule has 9 nitrogen and oxygen atoms in total. The number of hydrogen-bond acceptors (Lipinski definition) is 8. The number of benzene rings is 2. The van der Waals surface area contributed by atoms with Gasteiger partial charge >= 0.3 is 5.97 Å². The van der Waals surface area contributed by atoms with Gasteiger partial charge in [-0.05, 0) is 31.0 Å². The number of carbonyl (C=O) groups excluding carboxylic acids is 2. The topological polar surface area (TPSA) is 131 Å². The van der Waals surface area contributed by atoms with E-state index >= 15 is 0 Å². The molecule has 0 fully saturated rings. The number of rotatable bonds is 10. The van der Waals surface area contributed by atoms with Crippen molar-refractivity contribution in [3.05, 3.63) is 75.2 Å². The molecule has 0 aliphatic heterocycles. The fraction of sp³-hybridized carbons (Fsp3) is 0.217. The Labute approximate surface area is 194 Å². The van der Waals surface area contributed by atoms with Crippen molar-refractivity contribution < 1.29 is 24.4 Å². The van der Waals surface area contributed by atoms with Gasteiger partial charge in [0.2, 0.25) is 0 Å². The zero-order chi connectivity index (χ0) is 23.8. The lowest BCUT2D eigenvalue weighted by atomic mass is 10.0. The molecule has 1 amide bonds. The van der Waals surface area contributed by atoms with Crippen LogP contribution in [0.15, 0.2) is 53.9 Å². The van der Waals surface area contributed by atoms with E-state index in [4.69, 9.17) is 9.84 Å². The molecule has 3 rings (SSSR count). The minimum absolute atomic E-state index is 0.0458. The van der Waals surface area contributed by atoms with Gasteiger partial charge in [0, 0.05) is 35.7 Å². The van der Waals surface area contributed by atoms with E-state index in [0.717, 1.165) is 5.56 Å². The number of ether oxygens (including phenoxy) is 1. The molecule has 2 aromatic carbocycles. The number of aliphatic hydroxyl groups excluding tert-OH is 1. The first-order chi connectivity index (χ1) is 16.0. The van der Waals surface area contributed by atoms with Crippen molar-refractivity contribution in [3.8, 4) is 11.1 Å². The lowest BCUT2D eigenvalue weighted by Gasteiger charge is -2.10. The molecule has 172 valence electrons. The number of aliphatic hydroxyl groups is 1. The van der Waals surface area contributed by atoms with Crippen molar-refractivity contribution in [3.63, 3.8) is 0 Å². The number of esters is 1. The largest absolute Gasteiger partial charge is 0.462 e. The molecule has 1 heterocycles. The average Bonchev–Trinajstić information content (AvgIpc) is 3.23. The Morgan fingerprint density at radius 3 is 2.61 bits per heavy atom. The van der Waals surface area contributed by atoms with Gasteiger partial charge in [-0.1, -0.05) is 30.3 Å². The van der Waals surface area contributed by atoms with Crippen molar-refractivity contribution in [1.82, 2.24) is 0 Å². The van der Waals surface area contributed by atoms with Crippen LogP contribution in [0.5, 0.6) is 0 Å². The summed E-state index contributed by atoms with van der Waals surface area (Å²) in [6, 6.07) is 13.3. The molecular weight excluding hydrogens is 446 g/mol. The number of nitrogens with one attached hydrogen (secondary N) is 2. The number of nitro groups is 1. The quantitative estimate of drug-likeness (QED) is 0.172. The first kappa shape index (κ1) is 23.9. The van der Waals surface area contributed by atoms with Crippen molar-refractivity contribution in [2.75, 3.05) is 30.4 Å². The van der Waals surface area contributed by atoms with E-state index in [1.165, 1.54) is 29.5 Å². The summed E-state index contributed by atoms with van der Waals surface area (Å²) in [6.07, 6.45) is 0.429. The van der Waals surface area contributed by atoms with Crippen LogP contribution in [0.4, 0.5) is 16.4 Å². The second kappa shape index (κ2) is 11.2. The Hall–Kier alpha value is -3.76. The first-order valence-corrected chi connectivity index (χ1v) is 11.1. The summed E-state index contributed by atoms with van der Waals surface area (Å²) in [4.78, 5) is 36.5. The van der Waals surface area contributed by atoms with E-state index < -0.39 is 16.8 Å². The summed E-state index contributed by atoms with van der Waals surface area (Å²) < 4.78 is 5.19. The summed E-state index contributed by atoms with van der Waals surface area (Å²) in [5, 5.41) is 28.0. The van der Waals surface area contributed by atoms with Gasteiger partial charge < -0.3 is 20.5 Å². The third-order valence-electron chi connectivity index (χ3n) is 4.69. The maximum absolute atomic E-state index is 12.9. The van der Waals surface area contributed by atoms with Gasteiger partial charge in [-0.15, -0.1) is 11.3 Å². The van der Waals surface area contributed by atoms with E-state index in [-0.39, 0.29) is 35.7 Å². The van der Waals surface area contributed by atoms with Crippen LogP contribution >= 0.6 is 11.3 Å². The van der Waals surface area contributed by atoms with Crippen LogP contribution in [0.3, 0.4) is 0 Å². The van der Waals surface area contributed by atoms with Gasteiger partial charge in [0.1, 0.15) is 16.3 Å². The molecule has 0 bridgehead atoms. The smallest absolute Gasteiger partial charge is 0.341 e. The SMILES string of the molecule is CCOC(=O)c1c(-c2ccccc2)csc1NC(=O)c1ccc(NCCCO)c([N+](=O)[O-])c1. The Bertz CT molecular complexity index is 1150. The van der Waals surface area contributed by atoms with Crippen LogP contribution < -0.4 is 10.6 Å². The highest BCUT2D eigenvalue weighted by Gasteiger charge is 2.24. The van der Waals surface area contributed by atoms with Crippen LogP contribution in [0.1, 0.15) is 34.1 Å². The molecule has 1 aromatic heterocycles. The number of nitro benzene ring substituents is 1. The molecule has 3 aromatic rings. The molecule has 0 unspecified atom stereocenters. The minimum Gasteiger partial charge on any atom is -0.462 e. The van der Waals surface area contributed by atoms with Crippen molar-refractivity contribution >= 4 is 39.6 Å². The molecule has 0 radical (unpaired) electrons. The minimum atomic E-state index is -0.591. The third-order valence-corrected chi connectivity index (χ3v) is 5.58.